The van der Waals surface area contributed by atoms with Gasteiger partial charge < -0.3 is 15.5 Å². The molecule has 8 nitrogen and oxygen atoms in total. The molecule has 1 atom stereocenters. The maximum absolute atomic E-state index is 13.3. The lowest BCUT2D eigenvalue weighted by molar-refractivity contribution is -0.132. The molecule has 32 heavy (non-hydrogen) atoms. The summed E-state index contributed by atoms with van der Waals surface area (Å²) in [4.78, 5) is 45.5. The number of carbonyl (C=O) groups is 3. The van der Waals surface area contributed by atoms with Gasteiger partial charge in [-0.1, -0.05) is 35.9 Å². The summed E-state index contributed by atoms with van der Waals surface area (Å²) in [6.45, 7) is 4.31. The lowest BCUT2D eigenvalue weighted by atomic mass is 9.95. The molecule has 0 aliphatic carbocycles. The molecular formula is C23H22ClN5O3. The fourth-order valence-corrected chi connectivity index (χ4v) is 4.12. The van der Waals surface area contributed by atoms with Crippen molar-refractivity contribution >= 4 is 29.4 Å². The van der Waals surface area contributed by atoms with Crippen LogP contribution in [-0.4, -0.2) is 52.3 Å². The summed E-state index contributed by atoms with van der Waals surface area (Å²) in [5.41, 5.74) is 2.52. The highest BCUT2D eigenvalue weighted by Gasteiger charge is 2.44. The molecule has 1 aromatic carbocycles. The van der Waals surface area contributed by atoms with Crippen molar-refractivity contribution < 1.29 is 14.4 Å². The van der Waals surface area contributed by atoms with Crippen LogP contribution in [0.1, 0.15) is 17.2 Å². The molecule has 0 fully saturated rings. The summed E-state index contributed by atoms with van der Waals surface area (Å²) < 4.78 is 0. The minimum absolute atomic E-state index is 0.123. The van der Waals surface area contributed by atoms with Gasteiger partial charge in [-0.3, -0.25) is 19.5 Å². The molecule has 0 saturated carbocycles. The molecule has 2 aliphatic rings. The molecule has 1 aromatic heterocycles. The SMILES string of the molecule is C=CCN1C(=O)NC(c2ccccc2Cl)C2=C1CN(CC(=O)NCc1ccncc1)C2=O. The van der Waals surface area contributed by atoms with Crippen LogP contribution >= 0.6 is 11.6 Å². The predicted octanol–water partition coefficient (Wildman–Crippen LogP) is 2.40. The maximum Gasteiger partial charge on any atom is 0.322 e. The summed E-state index contributed by atoms with van der Waals surface area (Å²) in [6.07, 6.45) is 4.89. The molecule has 2 aliphatic heterocycles. The Hall–Kier alpha value is -3.65. The van der Waals surface area contributed by atoms with E-state index in [2.05, 4.69) is 22.2 Å². The number of pyridine rings is 1. The maximum atomic E-state index is 13.3. The number of benzene rings is 1. The molecule has 4 rings (SSSR count). The Morgan fingerprint density at radius 1 is 1.25 bits per heavy atom. The fourth-order valence-electron chi connectivity index (χ4n) is 3.87. The van der Waals surface area contributed by atoms with E-state index in [0.29, 0.717) is 28.4 Å². The van der Waals surface area contributed by atoms with Gasteiger partial charge in [0.05, 0.1) is 23.9 Å². The summed E-state index contributed by atoms with van der Waals surface area (Å²) in [7, 11) is 0. The topological polar surface area (TPSA) is 94.6 Å². The summed E-state index contributed by atoms with van der Waals surface area (Å²) in [5.74, 6) is -0.600. The second kappa shape index (κ2) is 9.23. The molecule has 2 N–H and O–H groups in total. The Balaban J connectivity index is 1.55. The van der Waals surface area contributed by atoms with Crippen LogP contribution < -0.4 is 10.6 Å². The number of amides is 4. The van der Waals surface area contributed by atoms with Crippen LogP contribution in [0.2, 0.25) is 5.02 Å². The van der Waals surface area contributed by atoms with E-state index in [4.69, 9.17) is 11.6 Å². The van der Waals surface area contributed by atoms with Crippen molar-refractivity contribution in [3.63, 3.8) is 0 Å². The normalized spacial score (nSPS) is 17.8. The van der Waals surface area contributed by atoms with Crippen LogP contribution in [-0.2, 0) is 16.1 Å². The summed E-state index contributed by atoms with van der Waals surface area (Å²) in [5, 5.41) is 6.13. The standard InChI is InChI=1S/C23H22ClN5O3/c1-2-11-29-18-13-28(14-19(30)26-12-15-7-9-25-10-8-15)22(31)20(18)21(27-23(29)32)16-5-3-4-6-17(16)24/h2-10,21H,1,11-14H2,(H,26,30)(H,27,32). The van der Waals surface area contributed by atoms with Gasteiger partial charge in [-0.05, 0) is 29.3 Å². The molecular weight excluding hydrogens is 430 g/mol. The van der Waals surface area contributed by atoms with Crippen molar-refractivity contribution in [2.45, 2.75) is 12.6 Å². The Labute approximate surface area is 190 Å². The zero-order valence-electron chi connectivity index (χ0n) is 17.3. The van der Waals surface area contributed by atoms with Crippen LogP contribution in [0.4, 0.5) is 4.79 Å². The number of nitrogens with zero attached hydrogens (tertiary/aromatic N) is 3. The Kier molecular flexibility index (Phi) is 6.23. The van der Waals surface area contributed by atoms with Gasteiger partial charge in [0.2, 0.25) is 5.91 Å². The van der Waals surface area contributed by atoms with E-state index in [0.717, 1.165) is 5.56 Å². The third-order valence-corrected chi connectivity index (χ3v) is 5.74. The van der Waals surface area contributed by atoms with Crippen LogP contribution in [0, 0.1) is 0 Å². The van der Waals surface area contributed by atoms with Crippen LogP contribution in [0.3, 0.4) is 0 Å². The van der Waals surface area contributed by atoms with Crippen molar-refractivity contribution in [1.82, 2.24) is 25.4 Å². The Morgan fingerprint density at radius 2 is 2.00 bits per heavy atom. The number of carbonyl (C=O) groups excluding carboxylic acids is 3. The zero-order valence-corrected chi connectivity index (χ0v) is 18.0. The summed E-state index contributed by atoms with van der Waals surface area (Å²) in [6, 6.07) is 9.65. The monoisotopic (exact) mass is 451 g/mol. The molecule has 0 saturated heterocycles. The van der Waals surface area contributed by atoms with Gasteiger partial charge in [0.25, 0.3) is 5.91 Å². The van der Waals surface area contributed by atoms with Crippen molar-refractivity contribution in [3.05, 3.63) is 88.9 Å². The molecule has 1 unspecified atom stereocenters. The van der Waals surface area contributed by atoms with Crippen molar-refractivity contribution in [3.8, 4) is 0 Å². The molecule has 9 heteroatoms. The van der Waals surface area contributed by atoms with Crippen LogP contribution in [0.25, 0.3) is 0 Å². The van der Waals surface area contributed by atoms with E-state index in [1.807, 2.05) is 0 Å². The molecule has 0 bridgehead atoms. The van der Waals surface area contributed by atoms with E-state index in [1.54, 1.807) is 54.9 Å². The minimum Gasteiger partial charge on any atom is -0.350 e. The van der Waals surface area contributed by atoms with Gasteiger partial charge in [0.1, 0.15) is 6.54 Å². The van der Waals surface area contributed by atoms with Gasteiger partial charge in [0, 0.05) is 30.5 Å². The molecule has 2 aromatic rings. The lowest BCUT2D eigenvalue weighted by Gasteiger charge is -2.33. The average Bonchev–Trinajstić information content (AvgIpc) is 3.11. The first-order chi connectivity index (χ1) is 15.5. The third-order valence-electron chi connectivity index (χ3n) is 5.40. The number of hydrogen-bond acceptors (Lipinski definition) is 4. The Morgan fingerprint density at radius 3 is 2.72 bits per heavy atom. The highest BCUT2D eigenvalue weighted by Crippen LogP contribution is 2.38. The van der Waals surface area contributed by atoms with Gasteiger partial charge in [0.15, 0.2) is 0 Å². The molecule has 4 amide bonds. The Bertz CT molecular complexity index is 1100. The number of halogens is 1. The molecule has 0 spiro atoms. The zero-order chi connectivity index (χ0) is 22.7. The van der Waals surface area contributed by atoms with Crippen LogP contribution in [0.5, 0.6) is 0 Å². The van der Waals surface area contributed by atoms with Gasteiger partial charge in [-0.25, -0.2) is 4.79 Å². The lowest BCUT2D eigenvalue weighted by Crippen LogP contribution is -2.47. The largest absolute Gasteiger partial charge is 0.350 e. The number of urea groups is 1. The highest BCUT2D eigenvalue weighted by atomic mass is 35.5. The van der Waals surface area contributed by atoms with E-state index < -0.39 is 6.04 Å². The van der Waals surface area contributed by atoms with E-state index in [-0.39, 0.29) is 37.5 Å². The second-order valence-electron chi connectivity index (χ2n) is 7.46. The molecule has 164 valence electrons. The van der Waals surface area contributed by atoms with E-state index >= 15 is 0 Å². The summed E-state index contributed by atoms with van der Waals surface area (Å²) >= 11 is 6.36. The fraction of sp³-hybridized carbons (Fsp3) is 0.217. The highest BCUT2D eigenvalue weighted by molar-refractivity contribution is 6.31. The van der Waals surface area contributed by atoms with Gasteiger partial charge in [-0.15, -0.1) is 6.58 Å². The minimum atomic E-state index is -0.690. The molecule has 0 radical (unpaired) electrons. The third kappa shape index (κ3) is 4.22. The van der Waals surface area contributed by atoms with E-state index in [9.17, 15) is 14.4 Å². The number of hydrogen-bond donors (Lipinski definition) is 2. The molecule has 3 heterocycles. The number of aromatic nitrogens is 1. The van der Waals surface area contributed by atoms with Gasteiger partial charge >= 0.3 is 6.03 Å². The van der Waals surface area contributed by atoms with Crippen molar-refractivity contribution in [1.29, 1.82) is 0 Å². The van der Waals surface area contributed by atoms with Gasteiger partial charge in [-0.2, -0.15) is 0 Å². The first kappa shape index (κ1) is 21.6. The smallest absolute Gasteiger partial charge is 0.322 e. The number of nitrogens with one attached hydrogen (secondary N) is 2. The van der Waals surface area contributed by atoms with Crippen molar-refractivity contribution in [2.75, 3.05) is 19.6 Å². The van der Waals surface area contributed by atoms with Crippen LogP contribution in [0.15, 0.2) is 72.7 Å². The average molecular weight is 452 g/mol. The predicted molar refractivity (Wildman–Crippen MR) is 119 cm³/mol. The first-order valence-corrected chi connectivity index (χ1v) is 10.5. The second-order valence-corrected chi connectivity index (χ2v) is 7.86. The first-order valence-electron chi connectivity index (χ1n) is 10.1. The van der Waals surface area contributed by atoms with E-state index in [1.165, 1.54) is 9.80 Å². The number of rotatable bonds is 7. The quantitative estimate of drug-likeness (QED) is 0.632. The van der Waals surface area contributed by atoms with Crippen molar-refractivity contribution in [2.24, 2.45) is 0 Å².